The molecule has 0 bridgehead atoms. The molecule has 1 aromatic carbocycles. The van der Waals surface area contributed by atoms with E-state index in [-0.39, 0.29) is 18.3 Å². The van der Waals surface area contributed by atoms with Crippen LogP contribution in [0.1, 0.15) is 12.5 Å². The van der Waals surface area contributed by atoms with Gasteiger partial charge in [0, 0.05) is 38.3 Å². The highest BCUT2D eigenvalue weighted by molar-refractivity contribution is 5.91. The number of carbonyl (C=O) groups is 1. The van der Waals surface area contributed by atoms with E-state index in [0.29, 0.717) is 25.6 Å². The Hall–Kier alpha value is -2.60. The molecule has 1 fully saturated rings. The molecule has 0 unspecified atom stereocenters. The second kappa shape index (κ2) is 9.77. The van der Waals surface area contributed by atoms with Crippen molar-refractivity contribution in [1.29, 1.82) is 0 Å². The zero-order valence-electron chi connectivity index (χ0n) is 14.7. The minimum atomic E-state index is 0. The Morgan fingerprint density at radius 1 is 1.08 bits per heavy atom. The Labute approximate surface area is 159 Å². The van der Waals surface area contributed by atoms with Gasteiger partial charge in [-0.2, -0.15) is 0 Å². The van der Waals surface area contributed by atoms with E-state index in [2.05, 4.69) is 15.1 Å². The second-order valence-electron chi connectivity index (χ2n) is 5.72. The summed E-state index contributed by atoms with van der Waals surface area (Å²) in [5, 5.41) is 8.26. The number of rotatable bonds is 5. The van der Waals surface area contributed by atoms with Crippen LogP contribution in [0.15, 0.2) is 48.5 Å². The Morgan fingerprint density at radius 2 is 1.81 bits per heavy atom. The molecule has 2 heterocycles. The van der Waals surface area contributed by atoms with Gasteiger partial charge in [0.05, 0.1) is 6.61 Å². The largest absolute Gasteiger partial charge is 0.477 e. The van der Waals surface area contributed by atoms with Gasteiger partial charge in [0.25, 0.3) is 0 Å². The first-order valence-electron chi connectivity index (χ1n) is 8.50. The zero-order valence-corrected chi connectivity index (χ0v) is 15.6. The summed E-state index contributed by atoms with van der Waals surface area (Å²) in [4.78, 5) is 16.3. The van der Waals surface area contributed by atoms with Crippen molar-refractivity contribution in [1.82, 2.24) is 15.1 Å². The molecular weight excluding hydrogens is 352 g/mol. The monoisotopic (exact) mass is 374 g/mol. The fourth-order valence-electron chi connectivity index (χ4n) is 2.70. The van der Waals surface area contributed by atoms with E-state index < -0.39 is 0 Å². The van der Waals surface area contributed by atoms with Gasteiger partial charge in [-0.05, 0) is 24.6 Å². The number of ether oxygens (including phenoxy) is 1. The summed E-state index contributed by atoms with van der Waals surface area (Å²) >= 11 is 0. The van der Waals surface area contributed by atoms with Crippen molar-refractivity contribution in [2.24, 2.45) is 0 Å². The summed E-state index contributed by atoms with van der Waals surface area (Å²) in [7, 11) is 0. The van der Waals surface area contributed by atoms with Crippen LogP contribution in [-0.2, 0) is 4.79 Å². The van der Waals surface area contributed by atoms with Gasteiger partial charge in [0.1, 0.15) is 0 Å². The minimum absolute atomic E-state index is 0. The number of benzene rings is 1. The summed E-state index contributed by atoms with van der Waals surface area (Å²) in [6.45, 7) is 5.32. The van der Waals surface area contributed by atoms with Crippen LogP contribution < -0.4 is 9.64 Å². The van der Waals surface area contributed by atoms with Gasteiger partial charge in [-0.3, -0.25) is 4.79 Å². The van der Waals surface area contributed by atoms with Crippen LogP contribution in [0.25, 0.3) is 6.08 Å². The SMILES string of the molecule is CCOc1ccc(N2CCN(C(=O)/C=C/c3ccccc3)CC2)nn1.Cl. The van der Waals surface area contributed by atoms with Crippen LogP contribution in [0.2, 0.25) is 0 Å². The highest BCUT2D eigenvalue weighted by atomic mass is 35.5. The van der Waals surface area contributed by atoms with Gasteiger partial charge in [0.15, 0.2) is 5.82 Å². The number of aromatic nitrogens is 2. The lowest BCUT2D eigenvalue weighted by atomic mass is 10.2. The standard InChI is InChI=1S/C19H22N4O2.ClH/c1-2-25-18-10-9-17(20-21-18)22-12-14-23(15-13-22)19(24)11-8-16-6-4-3-5-7-16;/h3-11H,2,12-15H2,1H3;1H/b11-8+;. The number of anilines is 1. The van der Waals surface area contributed by atoms with E-state index in [1.807, 2.05) is 60.4 Å². The van der Waals surface area contributed by atoms with Crippen molar-refractivity contribution in [2.45, 2.75) is 6.92 Å². The molecule has 2 aromatic rings. The number of carbonyl (C=O) groups excluding carboxylic acids is 1. The number of hydrogen-bond donors (Lipinski definition) is 0. The average Bonchev–Trinajstić information content (AvgIpc) is 2.68. The van der Waals surface area contributed by atoms with Crippen molar-refractivity contribution in [3.05, 3.63) is 54.1 Å². The lowest BCUT2D eigenvalue weighted by Gasteiger charge is -2.34. The molecule has 3 rings (SSSR count). The fraction of sp³-hybridized carbons (Fsp3) is 0.316. The molecule has 0 aliphatic carbocycles. The Balaban J connectivity index is 0.00000243. The molecule has 138 valence electrons. The van der Waals surface area contributed by atoms with Crippen molar-refractivity contribution >= 4 is 30.2 Å². The molecule has 0 spiro atoms. The molecule has 7 heteroatoms. The number of halogens is 1. The minimum Gasteiger partial charge on any atom is -0.477 e. The molecule has 0 radical (unpaired) electrons. The smallest absolute Gasteiger partial charge is 0.246 e. The van der Waals surface area contributed by atoms with Crippen LogP contribution in [0.3, 0.4) is 0 Å². The molecule has 0 N–H and O–H groups in total. The maximum absolute atomic E-state index is 12.3. The lowest BCUT2D eigenvalue weighted by molar-refractivity contribution is -0.126. The molecule has 1 aliphatic heterocycles. The third-order valence-electron chi connectivity index (χ3n) is 4.05. The van der Waals surface area contributed by atoms with Crippen LogP contribution in [0.4, 0.5) is 5.82 Å². The zero-order chi connectivity index (χ0) is 17.5. The van der Waals surface area contributed by atoms with Gasteiger partial charge < -0.3 is 14.5 Å². The van der Waals surface area contributed by atoms with Crippen molar-refractivity contribution in [2.75, 3.05) is 37.7 Å². The molecule has 1 aromatic heterocycles. The van der Waals surface area contributed by atoms with Gasteiger partial charge in [-0.25, -0.2) is 0 Å². The summed E-state index contributed by atoms with van der Waals surface area (Å²) in [6.07, 6.45) is 3.49. The third-order valence-corrected chi connectivity index (χ3v) is 4.05. The molecule has 26 heavy (non-hydrogen) atoms. The van der Waals surface area contributed by atoms with E-state index in [0.717, 1.165) is 24.5 Å². The second-order valence-corrected chi connectivity index (χ2v) is 5.72. The predicted molar refractivity (Wildman–Crippen MR) is 105 cm³/mol. The summed E-state index contributed by atoms with van der Waals surface area (Å²) in [6, 6.07) is 13.6. The topological polar surface area (TPSA) is 58.6 Å². The van der Waals surface area contributed by atoms with Crippen LogP contribution in [0, 0.1) is 0 Å². The molecule has 0 atom stereocenters. The predicted octanol–water partition coefficient (Wildman–Crippen LogP) is 2.66. The Kier molecular flexibility index (Phi) is 7.41. The van der Waals surface area contributed by atoms with Gasteiger partial charge in [-0.1, -0.05) is 30.3 Å². The summed E-state index contributed by atoms with van der Waals surface area (Å²) in [5.41, 5.74) is 1.03. The van der Waals surface area contributed by atoms with Crippen LogP contribution >= 0.6 is 12.4 Å². The highest BCUT2D eigenvalue weighted by Gasteiger charge is 2.20. The Morgan fingerprint density at radius 3 is 2.42 bits per heavy atom. The Bertz CT molecular complexity index is 714. The number of amides is 1. The number of piperazine rings is 1. The summed E-state index contributed by atoms with van der Waals surface area (Å²) < 4.78 is 5.31. The van der Waals surface area contributed by atoms with Crippen LogP contribution in [0.5, 0.6) is 5.88 Å². The molecule has 6 nitrogen and oxygen atoms in total. The first kappa shape index (κ1) is 19.7. The quantitative estimate of drug-likeness (QED) is 0.753. The van der Waals surface area contributed by atoms with Gasteiger partial charge in [-0.15, -0.1) is 22.6 Å². The van der Waals surface area contributed by atoms with Gasteiger partial charge >= 0.3 is 0 Å². The van der Waals surface area contributed by atoms with Crippen LogP contribution in [-0.4, -0.2) is 53.8 Å². The highest BCUT2D eigenvalue weighted by Crippen LogP contribution is 2.15. The summed E-state index contributed by atoms with van der Waals surface area (Å²) in [5.74, 6) is 1.39. The maximum atomic E-state index is 12.3. The molecular formula is C19H23ClN4O2. The molecule has 1 saturated heterocycles. The van der Waals surface area contributed by atoms with E-state index in [9.17, 15) is 4.79 Å². The van der Waals surface area contributed by atoms with E-state index in [1.165, 1.54) is 0 Å². The number of hydrogen-bond acceptors (Lipinski definition) is 5. The van der Waals surface area contributed by atoms with Crippen molar-refractivity contribution in [3.8, 4) is 5.88 Å². The van der Waals surface area contributed by atoms with Gasteiger partial charge in [0.2, 0.25) is 11.8 Å². The van der Waals surface area contributed by atoms with E-state index >= 15 is 0 Å². The van der Waals surface area contributed by atoms with E-state index in [4.69, 9.17) is 4.74 Å². The van der Waals surface area contributed by atoms with E-state index in [1.54, 1.807) is 6.08 Å². The molecule has 1 amide bonds. The maximum Gasteiger partial charge on any atom is 0.246 e. The van der Waals surface area contributed by atoms with Crippen molar-refractivity contribution in [3.63, 3.8) is 0 Å². The number of nitrogens with zero attached hydrogens (tertiary/aromatic N) is 4. The molecule has 1 aliphatic rings. The van der Waals surface area contributed by atoms with Crippen molar-refractivity contribution < 1.29 is 9.53 Å². The third kappa shape index (κ3) is 5.20. The lowest BCUT2D eigenvalue weighted by Crippen LogP contribution is -2.48. The first-order chi connectivity index (χ1) is 12.3. The fourth-order valence-corrected chi connectivity index (χ4v) is 2.70. The average molecular weight is 375 g/mol. The first-order valence-corrected chi connectivity index (χ1v) is 8.50. The normalized spacial score (nSPS) is 14.2. The molecule has 0 saturated carbocycles.